The monoisotopic (exact) mass is 427 g/mol. The standard InChI is InChI=1S/C26H29N5O/c1-6-28-24-23(17(2)27)21(16-22(31-24)26(3,4)5)18-12-14-20(15-13-18)30-25(32)29-19-10-8-7-9-11-19/h6-16H,1-2,27H2,3-5H3,(H,28,31)(H2,29,30,32). The number of rotatable bonds is 6. The van der Waals surface area contributed by atoms with Gasteiger partial charge in [-0.1, -0.05) is 64.3 Å². The Hall–Kier alpha value is -4.06. The van der Waals surface area contributed by atoms with Crippen LogP contribution in [0.15, 0.2) is 80.0 Å². The van der Waals surface area contributed by atoms with E-state index in [1.165, 1.54) is 0 Å². The SMILES string of the molecule is C=CNc1nc(C(C)(C)C)cc(-c2ccc(NC(=O)Nc3ccccc3)cc2)c1C(=C)N. The Morgan fingerprint density at radius 1 is 1.00 bits per heavy atom. The zero-order valence-electron chi connectivity index (χ0n) is 18.7. The summed E-state index contributed by atoms with van der Waals surface area (Å²) in [4.78, 5) is 17.0. The van der Waals surface area contributed by atoms with Crippen LogP contribution in [0.2, 0.25) is 0 Å². The normalized spacial score (nSPS) is 10.8. The van der Waals surface area contributed by atoms with Gasteiger partial charge in [0.1, 0.15) is 5.82 Å². The van der Waals surface area contributed by atoms with Crippen LogP contribution in [0.3, 0.4) is 0 Å². The highest BCUT2D eigenvalue weighted by Gasteiger charge is 2.22. The molecule has 1 aromatic heterocycles. The van der Waals surface area contributed by atoms with E-state index in [4.69, 9.17) is 10.7 Å². The number of amides is 2. The molecule has 0 bridgehead atoms. The molecule has 5 N–H and O–H groups in total. The number of nitrogens with zero attached hydrogens (tertiary/aromatic N) is 1. The van der Waals surface area contributed by atoms with Gasteiger partial charge in [-0.2, -0.15) is 0 Å². The molecule has 0 aliphatic carbocycles. The van der Waals surface area contributed by atoms with Crippen molar-refractivity contribution in [1.82, 2.24) is 4.98 Å². The van der Waals surface area contributed by atoms with Crippen molar-refractivity contribution in [3.05, 3.63) is 91.3 Å². The van der Waals surface area contributed by atoms with E-state index in [0.717, 1.165) is 28.1 Å². The van der Waals surface area contributed by atoms with Crippen molar-refractivity contribution in [3.8, 4) is 11.1 Å². The highest BCUT2D eigenvalue weighted by Crippen LogP contribution is 2.36. The van der Waals surface area contributed by atoms with E-state index in [9.17, 15) is 4.79 Å². The Morgan fingerprint density at radius 3 is 2.12 bits per heavy atom. The molecule has 3 rings (SSSR count). The molecule has 2 amide bonds. The Morgan fingerprint density at radius 2 is 1.59 bits per heavy atom. The van der Waals surface area contributed by atoms with E-state index in [1.807, 2.05) is 60.7 Å². The Labute approximate surface area is 189 Å². The van der Waals surface area contributed by atoms with Crippen LogP contribution in [0, 0.1) is 0 Å². The van der Waals surface area contributed by atoms with Crippen molar-refractivity contribution in [2.75, 3.05) is 16.0 Å². The lowest BCUT2D eigenvalue weighted by Gasteiger charge is -2.23. The molecule has 0 spiro atoms. The quantitative estimate of drug-likeness (QED) is 0.378. The van der Waals surface area contributed by atoms with Gasteiger partial charge in [0.25, 0.3) is 0 Å². The molecule has 32 heavy (non-hydrogen) atoms. The van der Waals surface area contributed by atoms with Gasteiger partial charge in [0.15, 0.2) is 0 Å². The summed E-state index contributed by atoms with van der Waals surface area (Å²) in [6.45, 7) is 14.0. The minimum Gasteiger partial charge on any atom is -0.399 e. The molecule has 0 saturated heterocycles. The minimum absolute atomic E-state index is 0.169. The topological polar surface area (TPSA) is 92.1 Å². The summed E-state index contributed by atoms with van der Waals surface area (Å²) in [7, 11) is 0. The van der Waals surface area contributed by atoms with Crippen LogP contribution in [0.1, 0.15) is 32.0 Å². The summed E-state index contributed by atoms with van der Waals surface area (Å²) in [6.07, 6.45) is 1.57. The first-order chi connectivity index (χ1) is 15.2. The number of nitrogens with one attached hydrogen (secondary N) is 3. The van der Waals surface area contributed by atoms with E-state index in [2.05, 4.69) is 49.9 Å². The summed E-state index contributed by atoms with van der Waals surface area (Å²) in [5.74, 6) is 0.611. The van der Waals surface area contributed by atoms with Gasteiger partial charge < -0.3 is 21.7 Å². The van der Waals surface area contributed by atoms with E-state index < -0.39 is 0 Å². The zero-order chi connectivity index (χ0) is 23.3. The maximum Gasteiger partial charge on any atom is 0.323 e. The fourth-order valence-corrected chi connectivity index (χ4v) is 3.23. The number of nitrogens with two attached hydrogens (primary N) is 1. The molecule has 0 unspecified atom stereocenters. The molecular weight excluding hydrogens is 398 g/mol. The molecule has 6 heteroatoms. The number of hydrogen-bond donors (Lipinski definition) is 4. The number of anilines is 3. The van der Waals surface area contributed by atoms with Crippen LogP contribution in [-0.4, -0.2) is 11.0 Å². The Bertz CT molecular complexity index is 1130. The largest absolute Gasteiger partial charge is 0.399 e. The average Bonchev–Trinajstić information content (AvgIpc) is 2.74. The van der Waals surface area contributed by atoms with E-state index >= 15 is 0 Å². The number of carbonyl (C=O) groups excluding carboxylic acids is 1. The lowest BCUT2D eigenvalue weighted by atomic mass is 9.88. The number of urea groups is 1. The Kier molecular flexibility index (Phi) is 6.64. The number of carbonyl (C=O) groups is 1. The summed E-state index contributed by atoms with van der Waals surface area (Å²) in [5.41, 5.74) is 11.2. The average molecular weight is 428 g/mol. The molecule has 0 aliphatic rings. The fourth-order valence-electron chi connectivity index (χ4n) is 3.23. The molecule has 0 saturated carbocycles. The first-order valence-corrected chi connectivity index (χ1v) is 10.3. The van der Waals surface area contributed by atoms with Gasteiger partial charge >= 0.3 is 6.03 Å². The summed E-state index contributed by atoms with van der Waals surface area (Å²) >= 11 is 0. The lowest BCUT2D eigenvalue weighted by molar-refractivity contribution is 0.262. The number of para-hydroxylation sites is 1. The molecule has 2 aromatic carbocycles. The summed E-state index contributed by atoms with van der Waals surface area (Å²) in [5, 5.41) is 8.73. The molecule has 3 aromatic rings. The molecule has 1 heterocycles. The van der Waals surface area contributed by atoms with Crippen molar-refractivity contribution < 1.29 is 4.79 Å². The van der Waals surface area contributed by atoms with Gasteiger partial charge in [-0.25, -0.2) is 9.78 Å². The van der Waals surface area contributed by atoms with Crippen LogP contribution >= 0.6 is 0 Å². The number of pyridine rings is 1. The minimum atomic E-state index is -0.309. The van der Waals surface area contributed by atoms with E-state index in [0.29, 0.717) is 17.2 Å². The maximum atomic E-state index is 12.3. The number of benzene rings is 2. The van der Waals surface area contributed by atoms with Gasteiger partial charge in [0, 0.05) is 33.7 Å². The van der Waals surface area contributed by atoms with Crippen LogP contribution < -0.4 is 21.7 Å². The number of hydrogen-bond acceptors (Lipinski definition) is 4. The van der Waals surface area contributed by atoms with Gasteiger partial charge in [-0.05, 0) is 47.7 Å². The Balaban J connectivity index is 1.93. The third-order valence-corrected chi connectivity index (χ3v) is 4.83. The van der Waals surface area contributed by atoms with Crippen LogP contribution in [0.5, 0.6) is 0 Å². The van der Waals surface area contributed by atoms with Gasteiger partial charge in [-0.15, -0.1) is 0 Å². The van der Waals surface area contributed by atoms with Crippen molar-refractivity contribution in [3.63, 3.8) is 0 Å². The fraction of sp³-hybridized carbons (Fsp3) is 0.154. The second kappa shape index (κ2) is 9.39. The maximum absolute atomic E-state index is 12.3. The highest BCUT2D eigenvalue weighted by molar-refractivity contribution is 6.00. The summed E-state index contributed by atoms with van der Waals surface area (Å²) in [6, 6.07) is 18.6. The molecule has 0 radical (unpaired) electrons. The van der Waals surface area contributed by atoms with Crippen molar-refractivity contribution in [1.29, 1.82) is 0 Å². The highest BCUT2D eigenvalue weighted by atomic mass is 16.2. The predicted octanol–water partition coefficient (Wildman–Crippen LogP) is 6.17. The first-order valence-electron chi connectivity index (χ1n) is 10.3. The molecule has 0 aliphatic heterocycles. The molecule has 0 atom stereocenters. The van der Waals surface area contributed by atoms with Crippen molar-refractivity contribution in [2.24, 2.45) is 5.73 Å². The summed E-state index contributed by atoms with van der Waals surface area (Å²) < 4.78 is 0. The van der Waals surface area contributed by atoms with Crippen LogP contribution in [0.25, 0.3) is 16.8 Å². The molecule has 0 fully saturated rings. The van der Waals surface area contributed by atoms with Crippen LogP contribution in [-0.2, 0) is 5.41 Å². The number of aromatic nitrogens is 1. The predicted molar refractivity (Wildman–Crippen MR) is 134 cm³/mol. The van der Waals surface area contributed by atoms with Gasteiger partial charge in [-0.3, -0.25) is 0 Å². The first kappa shape index (κ1) is 22.6. The second-order valence-electron chi connectivity index (χ2n) is 8.42. The molecular formula is C26H29N5O. The van der Waals surface area contributed by atoms with E-state index in [-0.39, 0.29) is 11.4 Å². The van der Waals surface area contributed by atoms with Crippen molar-refractivity contribution >= 4 is 28.9 Å². The third kappa shape index (κ3) is 5.35. The van der Waals surface area contributed by atoms with Gasteiger partial charge in [0.2, 0.25) is 0 Å². The second-order valence-corrected chi connectivity index (χ2v) is 8.42. The van der Waals surface area contributed by atoms with Crippen LogP contribution in [0.4, 0.5) is 22.0 Å². The third-order valence-electron chi connectivity index (χ3n) is 4.83. The van der Waals surface area contributed by atoms with Crippen molar-refractivity contribution in [2.45, 2.75) is 26.2 Å². The smallest absolute Gasteiger partial charge is 0.323 e. The zero-order valence-corrected chi connectivity index (χ0v) is 18.7. The van der Waals surface area contributed by atoms with E-state index in [1.54, 1.807) is 6.20 Å². The molecule has 164 valence electrons. The van der Waals surface area contributed by atoms with Gasteiger partial charge in [0.05, 0.1) is 0 Å². The lowest BCUT2D eigenvalue weighted by Crippen LogP contribution is -2.19. The molecule has 6 nitrogen and oxygen atoms in total.